The quantitative estimate of drug-likeness (QED) is 0.590. The molecule has 5 heteroatoms. The predicted molar refractivity (Wildman–Crippen MR) is 76.3 cm³/mol. The van der Waals surface area contributed by atoms with Gasteiger partial charge in [0.25, 0.3) is 0 Å². The van der Waals surface area contributed by atoms with Gasteiger partial charge in [-0.05, 0) is 47.1 Å². The van der Waals surface area contributed by atoms with E-state index in [1.54, 1.807) is 46.8 Å². The molecule has 0 N–H and O–H groups in total. The Labute approximate surface area is 120 Å². The van der Waals surface area contributed by atoms with Gasteiger partial charge in [-0.25, -0.2) is 9.59 Å². The molecule has 0 aromatic carbocycles. The van der Waals surface area contributed by atoms with Gasteiger partial charge in [-0.2, -0.15) is 0 Å². The zero-order valence-corrected chi connectivity index (χ0v) is 13.2. The van der Waals surface area contributed by atoms with Crippen LogP contribution in [0.1, 0.15) is 48.0 Å². The van der Waals surface area contributed by atoms with Gasteiger partial charge < -0.3 is 9.47 Å². The van der Waals surface area contributed by atoms with Gasteiger partial charge in [-0.1, -0.05) is 13.0 Å². The van der Waals surface area contributed by atoms with E-state index in [-0.39, 0.29) is 6.10 Å². The van der Waals surface area contributed by atoms with Gasteiger partial charge >= 0.3 is 12.1 Å². The molecule has 114 valence electrons. The highest BCUT2D eigenvalue weighted by molar-refractivity contribution is 5.89. The lowest BCUT2D eigenvalue weighted by atomic mass is 9.96. The molecule has 0 aromatic heterocycles. The van der Waals surface area contributed by atoms with Crippen molar-refractivity contribution in [2.45, 2.75) is 65.2 Å². The van der Waals surface area contributed by atoms with Crippen molar-refractivity contribution in [3.8, 4) is 0 Å². The molecule has 0 fully saturated rings. The Morgan fingerprint density at radius 1 is 1.35 bits per heavy atom. The molecule has 0 spiro atoms. The Kier molecular flexibility index (Phi) is 4.84. The van der Waals surface area contributed by atoms with E-state index in [9.17, 15) is 9.59 Å². The maximum atomic E-state index is 12.4. The minimum atomic E-state index is -1.05. The molecule has 1 rings (SSSR count). The van der Waals surface area contributed by atoms with Crippen LogP contribution < -0.4 is 0 Å². The molecule has 0 radical (unpaired) electrons. The number of ether oxygens (including phenoxy) is 2. The Bertz CT molecular complexity index is 409. The highest BCUT2D eigenvalue weighted by Gasteiger charge is 2.48. The van der Waals surface area contributed by atoms with Crippen molar-refractivity contribution in [1.29, 1.82) is 0 Å². The summed E-state index contributed by atoms with van der Waals surface area (Å²) in [5, 5.41) is 0. The topological polar surface area (TPSA) is 55.8 Å². The van der Waals surface area contributed by atoms with E-state index < -0.39 is 23.2 Å². The van der Waals surface area contributed by atoms with E-state index in [1.807, 2.05) is 6.92 Å². The summed E-state index contributed by atoms with van der Waals surface area (Å²) < 4.78 is 10.7. The molecule has 1 heterocycles. The number of hydrogen-bond donors (Lipinski definition) is 0. The normalized spacial score (nSPS) is 22.2. The Morgan fingerprint density at radius 2 is 1.95 bits per heavy atom. The van der Waals surface area contributed by atoms with Crippen LogP contribution in [0, 0.1) is 0 Å². The van der Waals surface area contributed by atoms with Crippen LogP contribution >= 0.6 is 0 Å². The first-order valence-electron chi connectivity index (χ1n) is 7.02. The van der Waals surface area contributed by atoms with Crippen molar-refractivity contribution < 1.29 is 19.1 Å². The van der Waals surface area contributed by atoms with E-state index >= 15 is 0 Å². The van der Waals surface area contributed by atoms with Crippen molar-refractivity contribution in [3.63, 3.8) is 0 Å². The number of hydrogen-bond acceptors (Lipinski definition) is 4. The molecule has 0 aliphatic carbocycles. The maximum Gasteiger partial charge on any atom is 0.411 e. The van der Waals surface area contributed by atoms with Crippen LogP contribution in [0.3, 0.4) is 0 Å². The fourth-order valence-corrected chi connectivity index (χ4v) is 2.11. The smallest absolute Gasteiger partial charge is 0.411 e. The van der Waals surface area contributed by atoms with Crippen LogP contribution in [0.5, 0.6) is 0 Å². The number of nitrogens with zero attached hydrogens (tertiary/aromatic N) is 1. The van der Waals surface area contributed by atoms with Crippen LogP contribution in [0.2, 0.25) is 0 Å². The van der Waals surface area contributed by atoms with E-state index in [0.29, 0.717) is 13.0 Å². The summed E-state index contributed by atoms with van der Waals surface area (Å²) in [6, 6.07) is 0. The van der Waals surface area contributed by atoms with Crippen LogP contribution in [0.25, 0.3) is 0 Å². The molecule has 1 aliphatic heterocycles. The fourth-order valence-electron chi connectivity index (χ4n) is 2.11. The van der Waals surface area contributed by atoms with E-state index in [2.05, 4.69) is 0 Å². The number of carbonyl (C=O) groups excluding carboxylic acids is 2. The SMILES string of the molecule is CCC1(C(=O)OC(C)C)C=CCN1C(=O)OC(C)(C)C. The average molecular weight is 283 g/mol. The number of rotatable bonds is 3. The third-order valence-electron chi connectivity index (χ3n) is 3.01. The number of carbonyl (C=O) groups is 2. The third kappa shape index (κ3) is 3.52. The molecule has 1 aliphatic rings. The lowest BCUT2D eigenvalue weighted by Crippen LogP contribution is -2.55. The van der Waals surface area contributed by atoms with Crippen LogP contribution in [0.15, 0.2) is 12.2 Å². The molecular formula is C15H25NO4. The average Bonchev–Trinajstić information content (AvgIpc) is 2.70. The lowest BCUT2D eigenvalue weighted by molar-refractivity contribution is -0.158. The van der Waals surface area contributed by atoms with Crippen LogP contribution in [-0.4, -0.2) is 40.8 Å². The van der Waals surface area contributed by atoms with Gasteiger partial charge in [-0.3, -0.25) is 4.90 Å². The molecule has 1 amide bonds. The maximum absolute atomic E-state index is 12.4. The molecule has 0 saturated heterocycles. The minimum absolute atomic E-state index is 0.222. The zero-order chi connectivity index (χ0) is 15.6. The molecule has 0 aromatic rings. The summed E-state index contributed by atoms with van der Waals surface area (Å²) in [6.45, 7) is 11.2. The van der Waals surface area contributed by atoms with Gasteiger partial charge in [0.1, 0.15) is 5.60 Å². The first kappa shape index (κ1) is 16.5. The zero-order valence-electron chi connectivity index (χ0n) is 13.2. The van der Waals surface area contributed by atoms with Gasteiger partial charge in [0.05, 0.1) is 6.10 Å². The third-order valence-corrected chi connectivity index (χ3v) is 3.01. The first-order valence-corrected chi connectivity index (χ1v) is 7.02. The molecule has 0 saturated carbocycles. The molecule has 0 bridgehead atoms. The summed E-state index contributed by atoms with van der Waals surface area (Å²) in [5.41, 5.74) is -1.65. The highest BCUT2D eigenvalue weighted by Crippen LogP contribution is 2.30. The van der Waals surface area contributed by atoms with Crippen molar-refractivity contribution in [1.82, 2.24) is 4.90 Å². The molecule has 1 atom stereocenters. The molecular weight excluding hydrogens is 258 g/mol. The standard InChI is InChI=1S/C15H25NO4/c1-7-15(12(17)19-11(2)3)9-8-10-16(15)13(18)20-14(4,5)6/h8-9,11H,7,10H2,1-6H3. The second kappa shape index (κ2) is 5.85. The van der Waals surface area contributed by atoms with Crippen molar-refractivity contribution >= 4 is 12.1 Å². The Morgan fingerprint density at radius 3 is 2.40 bits per heavy atom. The van der Waals surface area contributed by atoms with Crippen molar-refractivity contribution in [2.24, 2.45) is 0 Å². The molecule has 5 nitrogen and oxygen atoms in total. The number of esters is 1. The van der Waals surface area contributed by atoms with Gasteiger partial charge in [0.2, 0.25) is 0 Å². The van der Waals surface area contributed by atoms with Gasteiger partial charge in [0, 0.05) is 6.54 Å². The second-order valence-electron chi connectivity index (χ2n) is 6.23. The first-order chi connectivity index (χ1) is 9.12. The lowest BCUT2D eigenvalue weighted by Gasteiger charge is -2.36. The highest BCUT2D eigenvalue weighted by atomic mass is 16.6. The Balaban J connectivity index is 2.96. The van der Waals surface area contributed by atoms with Gasteiger partial charge in [0.15, 0.2) is 5.54 Å². The van der Waals surface area contributed by atoms with Crippen LogP contribution in [-0.2, 0) is 14.3 Å². The fraction of sp³-hybridized carbons (Fsp3) is 0.733. The van der Waals surface area contributed by atoms with Crippen molar-refractivity contribution in [2.75, 3.05) is 6.54 Å². The minimum Gasteiger partial charge on any atom is -0.461 e. The monoisotopic (exact) mass is 283 g/mol. The number of amides is 1. The summed E-state index contributed by atoms with van der Waals surface area (Å²) in [6.07, 6.45) is 3.27. The molecule has 20 heavy (non-hydrogen) atoms. The summed E-state index contributed by atoms with van der Waals surface area (Å²) in [4.78, 5) is 26.1. The van der Waals surface area contributed by atoms with E-state index in [4.69, 9.17) is 9.47 Å². The predicted octanol–water partition coefficient (Wildman–Crippen LogP) is 2.89. The second-order valence-corrected chi connectivity index (χ2v) is 6.23. The van der Waals surface area contributed by atoms with Gasteiger partial charge in [-0.15, -0.1) is 0 Å². The van der Waals surface area contributed by atoms with E-state index in [0.717, 1.165) is 0 Å². The summed E-state index contributed by atoms with van der Waals surface area (Å²) in [7, 11) is 0. The molecule has 1 unspecified atom stereocenters. The largest absolute Gasteiger partial charge is 0.461 e. The van der Waals surface area contributed by atoms with Crippen LogP contribution in [0.4, 0.5) is 4.79 Å². The van der Waals surface area contributed by atoms with Crippen molar-refractivity contribution in [3.05, 3.63) is 12.2 Å². The Hall–Kier alpha value is -1.52. The summed E-state index contributed by atoms with van der Waals surface area (Å²) in [5.74, 6) is -0.408. The summed E-state index contributed by atoms with van der Waals surface area (Å²) >= 11 is 0. The van der Waals surface area contributed by atoms with E-state index in [1.165, 1.54) is 4.90 Å².